The zero-order valence-corrected chi connectivity index (χ0v) is 15.3. The van der Waals surface area contributed by atoms with E-state index in [1.165, 1.54) is 11.3 Å². The Morgan fingerprint density at radius 2 is 2.12 bits per heavy atom. The Labute approximate surface area is 153 Å². The van der Waals surface area contributed by atoms with Gasteiger partial charge in [-0.3, -0.25) is 4.79 Å². The van der Waals surface area contributed by atoms with Gasteiger partial charge in [-0.1, -0.05) is 28.9 Å². The van der Waals surface area contributed by atoms with Gasteiger partial charge in [-0.05, 0) is 26.0 Å². The van der Waals surface area contributed by atoms with Crippen LogP contribution >= 0.6 is 22.9 Å². The zero-order chi connectivity index (χ0) is 17.6. The van der Waals surface area contributed by atoms with E-state index in [-0.39, 0.29) is 11.8 Å². The molecule has 128 valence electrons. The Balaban J connectivity index is 1.44. The fourth-order valence-corrected chi connectivity index (χ4v) is 3.90. The highest BCUT2D eigenvalue weighted by Crippen LogP contribution is 2.31. The molecule has 0 atom stereocenters. The third-order valence-electron chi connectivity index (χ3n) is 4.14. The van der Waals surface area contributed by atoms with E-state index in [4.69, 9.17) is 16.1 Å². The van der Waals surface area contributed by atoms with Crippen molar-refractivity contribution in [2.75, 3.05) is 13.1 Å². The van der Waals surface area contributed by atoms with Crippen molar-refractivity contribution < 1.29 is 9.32 Å². The number of benzene rings is 1. The molecular formula is C17H15ClN4O2S. The summed E-state index contributed by atoms with van der Waals surface area (Å²) in [6.07, 6.45) is 0. The molecule has 4 rings (SSSR count). The first-order chi connectivity index (χ1) is 12.0. The van der Waals surface area contributed by atoms with E-state index in [1.807, 2.05) is 26.0 Å². The van der Waals surface area contributed by atoms with Crippen molar-refractivity contribution in [3.8, 4) is 11.4 Å². The number of aryl methyl sites for hydroxylation is 2. The lowest BCUT2D eigenvalue weighted by molar-refractivity contribution is 0.0573. The molecule has 0 unspecified atom stereocenters. The molecule has 3 heterocycles. The highest BCUT2D eigenvalue weighted by molar-refractivity contribution is 7.13. The van der Waals surface area contributed by atoms with Crippen LogP contribution in [0.3, 0.4) is 0 Å². The van der Waals surface area contributed by atoms with Crippen molar-refractivity contribution in [2.45, 2.75) is 19.8 Å². The Bertz CT molecular complexity index is 946. The van der Waals surface area contributed by atoms with E-state index in [2.05, 4.69) is 15.1 Å². The maximum Gasteiger partial charge on any atom is 0.265 e. The van der Waals surface area contributed by atoms with Gasteiger partial charge in [0.2, 0.25) is 11.7 Å². The van der Waals surface area contributed by atoms with Crippen LogP contribution in [0.1, 0.15) is 32.2 Å². The maximum atomic E-state index is 12.5. The Morgan fingerprint density at radius 1 is 1.32 bits per heavy atom. The molecule has 0 spiro atoms. The predicted molar refractivity (Wildman–Crippen MR) is 95.0 cm³/mol. The second-order valence-corrected chi connectivity index (χ2v) is 7.66. The summed E-state index contributed by atoms with van der Waals surface area (Å²) in [7, 11) is 0. The molecule has 25 heavy (non-hydrogen) atoms. The number of hydrogen-bond donors (Lipinski definition) is 0. The van der Waals surface area contributed by atoms with Crippen LogP contribution in [0, 0.1) is 13.8 Å². The number of halogens is 1. The SMILES string of the molecule is Cc1nc(C)c(C(=O)N2CC(c3nc(-c4cccc(Cl)c4)no3)C2)s1. The van der Waals surface area contributed by atoms with Gasteiger partial charge in [-0.15, -0.1) is 11.3 Å². The summed E-state index contributed by atoms with van der Waals surface area (Å²) < 4.78 is 5.37. The minimum atomic E-state index is 0.0222. The van der Waals surface area contributed by atoms with Gasteiger partial charge >= 0.3 is 0 Å². The molecular weight excluding hydrogens is 360 g/mol. The number of amides is 1. The molecule has 2 aromatic heterocycles. The normalized spacial score (nSPS) is 14.6. The number of hydrogen-bond acceptors (Lipinski definition) is 6. The van der Waals surface area contributed by atoms with E-state index >= 15 is 0 Å². The van der Waals surface area contributed by atoms with E-state index in [0.717, 1.165) is 16.3 Å². The predicted octanol–water partition coefficient (Wildman–Crippen LogP) is 3.70. The monoisotopic (exact) mass is 374 g/mol. The number of likely N-dealkylation sites (tertiary alicyclic amines) is 1. The fraction of sp³-hybridized carbons (Fsp3) is 0.294. The lowest BCUT2D eigenvalue weighted by Gasteiger charge is -2.36. The van der Waals surface area contributed by atoms with E-state index in [1.54, 1.807) is 17.0 Å². The number of carbonyl (C=O) groups is 1. The molecule has 0 radical (unpaired) electrons. The highest BCUT2D eigenvalue weighted by atomic mass is 35.5. The Kier molecular flexibility index (Phi) is 4.05. The molecule has 1 fully saturated rings. The fourth-order valence-electron chi connectivity index (χ4n) is 2.82. The third kappa shape index (κ3) is 3.05. The van der Waals surface area contributed by atoms with Crippen LogP contribution in [0.2, 0.25) is 5.02 Å². The van der Waals surface area contributed by atoms with Gasteiger partial charge in [0.05, 0.1) is 16.6 Å². The molecule has 3 aromatic rings. The largest absolute Gasteiger partial charge is 0.339 e. The molecule has 1 saturated heterocycles. The van der Waals surface area contributed by atoms with Crippen LogP contribution in [0.15, 0.2) is 28.8 Å². The third-order valence-corrected chi connectivity index (χ3v) is 5.44. The first kappa shape index (κ1) is 16.2. The Morgan fingerprint density at radius 3 is 2.80 bits per heavy atom. The number of rotatable bonds is 3. The van der Waals surface area contributed by atoms with Crippen molar-refractivity contribution in [2.24, 2.45) is 0 Å². The summed E-state index contributed by atoms with van der Waals surface area (Å²) in [4.78, 5) is 23.8. The first-order valence-electron chi connectivity index (χ1n) is 7.84. The second kappa shape index (κ2) is 6.24. The molecule has 0 bridgehead atoms. The van der Waals surface area contributed by atoms with Gasteiger partial charge in [0.15, 0.2) is 0 Å². The van der Waals surface area contributed by atoms with Gasteiger partial charge in [0, 0.05) is 23.7 Å². The standard InChI is InChI=1S/C17H15ClN4O2S/c1-9-14(25-10(2)19-9)17(23)22-7-12(8-22)16-20-15(21-24-16)11-4-3-5-13(18)6-11/h3-6,12H,7-8H2,1-2H3. The van der Waals surface area contributed by atoms with Crippen molar-refractivity contribution in [3.63, 3.8) is 0 Å². The zero-order valence-electron chi connectivity index (χ0n) is 13.7. The lowest BCUT2D eigenvalue weighted by atomic mass is 10.00. The van der Waals surface area contributed by atoms with E-state index < -0.39 is 0 Å². The second-order valence-electron chi connectivity index (χ2n) is 6.02. The average Bonchev–Trinajstić information content (AvgIpc) is 3.12. The number of carbonyl (C=O) groups excluding carboxylic acids is 1. The topological polar surface area (TPSA) is 72.1 Å². The summed E-state index contributed by atoms with van der Waals surface area (Å²) in [6, 6.07) is 7.31. The van der Waals surface area contributed by atoms with Gasteiger partial charge in [0.25, 0.3) is 5.91 Å². The molecule has 8 heteroatoms. The molecule has 0 N–H and O–H groups in total. The highest BCUT2D eigenvalue weighted by Gasteiger charge is 2.37. The molecule has 1 aliphatic rings. The average molecular weight is 375 g/mol. The van der Waals surface area contributed by atoms with Crippen molar-refractivity contribution in [1.82, 2.24) is 20.0 Å². The van der Waals surface area contributed by atoms with Crippen molar-refractivity contribution in [1.29, 1.82) is 0 Å². The summed E-state index contributed by atoms with van der Waals surface area (Å²) in [5.41, 5.74) is 1.60. The van der Waals surface area contributed by atoms with Gasteiger partial charge in [-0.25, -0.2) is 4.98 Å². The number of nitrogens with zero attached hydrogens (tertiary/aromatic N) is 4. The molecule has 0 aliphatic carbocycles. The van der Waals surface area contributed by atoms with Crippen LogP contribution in [0.25, 0.3) is 11.4 Å². The van der Waals surface area contributed by atoms with Gasteiger partial charge < -0.3 is 9.42 Å². The van der Waals surface area contributed by atoms with Crippen LogP contribution < -0.4 is 0 Å². The number of aromatic nitrogens is 3. The first-order valence-corrected chi connectivity index (χ1v) is 9.03. The van der Waals surface area contributed by atoms with Crippen molar-refractivity contribution >= 4 is 28.8 Å². The molecule has 1 amide bonds. The van der Waals surface area contributed by atoms with Gasteiger partial charge in [0.1, 0.15) is 4.88 Å². The number of thiazole rings is 1. The molecule has 1 aromatic carbocycles. The lowest BCUT2D eigenvalue weighted by Crippen LogP contribution is -2.48. The minimum Gasteiger partial charge on any atom is -0.339 e. The van der Waals surface area contributed by atoms with E-state index in [9.17, 15) is 4.79 Å². The molecule has 1 aliphatic heterocycles. The van der Waals surface area contributed by atoms with Crippen LogP contribution in [0.4, 0.5) is 0 Å². The van der Waals surface area contributed by atoms with Crippen molar-refractivity contribution in [3.05, 3.63) is 50.8 Å². The Hall–Kier alpha value is -2.25. The summed E-state index contributed by atoms with van der Waals surface area (Å²) in [5, 5.41) is 5.55. The van der Waals surface area contributed by atoms with Crippen LogP contribution in [0.5, 0.6) is 0 Å². The summed E-state index contributed by atoms with van der Waals surface area (Å²) in [5.74, 6) is 1.15. The maximum absolute atomic E-state index is 12.5. The minimum absolute atomic E-state index is 0.0222. The van der Waals surface area contributed by atoms with Gasteiger partial charge in [-0.2, -0.15) is 4.98 Å². The summed E-state index contributed by atoms with van der Waals surface area (Å²) >= 11 is 7.43. The molecule has 6 nitrogen and oxygen atoms in total. The van der Waals surface area contributed by atoms with Crippen LogP contribution in [-0.2, 0) is 0 Å². The van der Waals surface area contributed by atoms with E-state index in [0.29, 0.717) is 34.7 Å². The smallest absolute Gasteiger partial charge is 0.265 e. The quantitative estimate of drug-likeness (QED) is 0.698. The van der Waals surface area contributed by atoms with Crippen LogP contribution in [-0.4, -0.2) is 39.0 Å². The molecule has 0 saturated carbocycles. The summed E-state index contributed by atoms with van der Waals surface area (Å²) in [6.45, 7) is 4.92.